The largest absolute Gasteiger partial charge is 0.359 e. The van der Waals surface area contributed by atoms with E-state index in [1.807, 2.05) is 25.1 Å². The number of halogens is 1. The maximum absolute atomic E-state index is 13.9. The zero-order chi connectivity index (χ0) is 25.4. The van der Waals surface area contributed by atoms with Crippen LogP contribution in [0.2, 0.25) is 5.02 Å². The molecule has 0 radical (unpaired) electrons. The first-order valence-corrected chi connectivity index (χ1v) is 13.7. The first-order valence-electron chi connectivity index (χ1n) is 13.3. The molecule has 6 rings (SSSR count). The number of hydrogen-bond donors (Lipinski definition) is 2. The molecule has 1 spiro atoms. The number of nitrogens with one attached hydrogen (secondary N) is 2. The summed E-state index contributed by atoms with van der Waals surface area (Å²) < 4.78 is 6.43. The summed E-state index contributed by atoms with van der Waals surface area (Å²) in [6, 6.07) is 4.73. The average molecular weight is 512 g/mol. The van der Waals surface area contributed by atoms with Crippen molar-refractivity contribution in [2.75, 3.05) is 5.32 Å². The van der Waals surface area contributed by atoms with Crippen LogP contribution < -0.4 is 10.6 Å². The molecule has 1 aromatic carbocycles. The van der Waals surface area contributed by atoms with Crippen LogP contribution in [-0.4, -0.2) is 52.5 Å². The summed E-state index contributed by atoms with van der Waals surface area (Å²) in [5.41, 5.74) is 0.391. The normalized spacial score (nSPS) is 38.8. The van der Waals surface area contributed by atoms with Crippen LogP contribution in [0.4, 0.5) is 5.69 Å². The fourth-order valence-electron chi connectivity index (χ4n) is 6.90. The number of ether oxygens (including phenoxy) is 1. The Morgan fingerprint density at radius 2 is 1.92 bits per heavy atom. The van der Waals surface area contributed by atoms with E-state index in [0.29, 0.717) is 22.5 Å². The molecule has 3 aliphatic heterocycles. The van der Waals surface area contributed by atoms with Crippen LogP contribution in [0.5, 0.6) is 0 Å². The fourth-order valence-corrected chi connectivity index (χ4v) is 7.08. The number of rotatable bonds is 5. The van der Waals surface area contributed by atoms with E-state index in [4.69, 9.17) is 16.3 Å². The Kier molecular flexibility index (Phi) is 5.72. The van der Waals surface area contributed by atoms with Gasteiger partial charge in [-0.3, -0.25) is 14.4 Å². The molecule has 192 valence electrons. The number of anilines is 1. The van der Waals surface area contributed by atoms with Gasteiger partial charge in [-0.05, 0) is 55.7 Å². The van der Waals surface area contributed by atoms with Crippen molar-refractivity contribution in [2.24, 2.45) is 23.7 Å². The lowest BCUT2D eigenvalue weighted by molar-refractivity contribution is -0.142. The third-order valence-electron chi connectivity index (χ3n) is 9.28. The highest BCUT2D eigenvalue weighted by molar-refractivity contribution is 6.31. The van der Waals surface area contributed by atoms with Crippen LogP contribution in [0, 0.1) is 30.6 Å². The summed E-state index contributed by atoms with van der Waals surface area (Å²) in [7, 11) is 0. The van der Waals surface area contributed by atoms with Gasteiger partial charge in [0, 0.05) is 22.8 Å². The lowest BCUT2D eigenvalue weighted by Gasteiger charge is -2.38. The molecule has 2 aliphatic carbocycles. The quantitative estimate of drug-likeness (QED) is 0.588. The maximum Gasteiger partial charge on any atom is 0.246 e. The molecule has 0 aromatic heterocycles. The van der Waals surface area contributed by atoms with E-state index in [2.05, 4.69) is 24.5 Å². The summed E-state index contributed by atoms with van der Waals surface area (Å²) in [6.45, 7) is 6.33. The van der Waals surface area contributed by atoms with Gasteiger partial charge in [0.25, 0.3) is 0 Å². The minimum atomic E-state index is -1.11. The van der Waals surface area contributed by atoms with Crippen molar-refractivity contribution in [3.8, 4) is 0 Å². The molecule has 3 heterocycles. The standard InChI is InChI=1S/C28H34ClN3O4/c1-14-5-4-6-20(16(14)3)31-26(34)24-28-12-11-21(36-28)22(23(28)27(35)32(24)18-9-10-18)25(33)30-17-8-7-15(2)19(29)13-17/h7-8,11-14,16,18,20-24H,4-6,9-10H2,1-3H3,(H,30,33)(H,31,34)/t14-,16+,20-,21-,22+,23-,24-,28-/m1/s1. The van der Waals surface area contributed by atoms with Gasteiger partial charge in [0.05, 0.1) is 17.9 Å². The van der Waals surface area contributed by atoms with E-state index in [1.54, 1.807) is 17.0 Å². The van der Waals surface area contributed by atoms with Crippen molar-refractivity contribution in [1.29, 1.82) is 0 Å². The SMILES string of the molecule is Cc1ccc(NC(=O)[C@H]2[C@H]3C=C[C@@]4(O3)[C@H]2C(=O)N(C2CC2)[C@@H]4C(=O)N[C@@H]2CCC[C@@H](C)[C@@H]2C)cc1Cl. The third-order valence-corrected chi connectivity index (χ3v) is 9.68. The molecule has 2 bridgehead atoms. The number of benzene rings is 1. The number of aryl methyl sites for hydroxylation is 1. The van der Waals surface area contributed by atoms with Gasteiger partial charge in [-0.2, -0.15) is 0 Å². The average Bonchev–Trinajstić information content (AvgIpc) is 3.43. The number of fused-ring (bicyclic) bond motifs is 1. The molecular weight excluding hydrogens is 478 g/mol. The van der Waals surface area contributed by atoms with Crippen LogP contribution in [0.1, 0.15) is 51.5 Å². The van der Waals surface area contributed by atoms with Gasteiger partial charge in [0.2, 0.25) is 17.7 Å². The molecule has 2 N–H and O–H groups in total. The first kappa shape index (κ1) is 24.0. The number of hydrogen-bond acceptors (Lipinski definition) is 4. The van der Waals surface area contributed by atoms with E-state index in [9.17, 15) is 14.4 Å². The third kappa shape index (κ3) is 3.61. The van der Waals surface area contributed by atoms with Crippen molar-refractivity contribution in [3.63, 3.8) is 0 Å². The molecule has 8 atom stereocenters. The van der Waals surface area contributed by atoms with Gasteiger partial charge >= 0.3 is 0 Å². The smallest absolute Gasteiger partial charge is 0.246 e. The van der Waals surface area contributed by atoms with E-state index >= 15 is 0 Å². The van der Waals surface area contributed by atoms with E-state index in [1.165, 1.54) is 6.42 Å². The summed E-state index contributed by atoms with van der Waals surface area (Å²) in [5, 5.41) is 6.80. The number of nitrogens with zero attached hydrogens (tertiary/aromatic N) is 1. The van der Waals surface area contributed by atoms with Crippen LogP contribution in [0.15, 0.2) is 30.4 Å². The Labute approximate surface area is 217 Å². The summed E-state index contributed by atoms with van der Waals surface area (Å²) in [4.78, 5) is 43.0. The predicted octanol–water partition coefficient (Wildman–Crippen LogP) is 3.84. The van der Waals surface area contributed by atoms with Gasteiger partial charge in [-0.25, -0.2) is 0 Å². The molecule has 2 saturated carbocycles. The Hall–Kier alpha value is -2.38. The van der Waals surface area contributed by atoms with E-state index < -0.39 is 29.6 Å². The highest BCUT2D eigenvalue weighted by atomic mass is 35.5. The van der Waals surface area contributed by atoms with Gasteiger partial charge in [0.15, 0.2) is 0 Å². The van der Waals surface area contributed by atoms with Crippen molar-refractivity contribution >= 4 is 35.0 Å². The zero-order valence-corrected chi connectivity index (χ0v) is 21.8. The molecule has 1 aromatic rings. The second kappa shape index (κ2) is 8.59. The molecule has 5 aliphatic rings. The summed E-state index contributed by atoms with van der Waals surface area (Å²) in [5.74, 6) is -1.07. The summed E-state index contributed by atoms with van der Waals surface area (Å²) >= 11 is 6.25. The lowest BCUT2D eigenvalue weighted by Crippen LogP contribution is -2.58. The van der Waals surface area contributed by atoms with Crippen molar-refractivity contribution in [3.05, 3.63) is 40.9 Å². The minimum Gasteiger partial charge on any atom is -0.359 e. The lowest BCUT2D eigenvalue weighted by atomic mass is 9.73. The highest BCUT2D eigenvalue weighted by Gasteiger charge is 2.74. The van der Waals surface area contributed by atoms with Crippen LogP contribution in [-0.2, 0) is 19.1 Å². The van der Waals surface area contributed by atoms with Gasteiger partial charge < -0.3 is 20.3 Å². The first-order chi connectivity index (χ1) is 17.2. The molecule has 8 heteroatoms. The topological polar surface area (TPSA) is 87.7 Å². The zero-order valence-electron chi connectivity index (χ0n) is 21.0. The van der Waals surface area contributed by atoms with Gasteiger partial charge in [0.1, 0.15) is 11.6 Å². The number of carbonyl (C=O) groups is 3. The molecule has 3 amide bonds. The molecule has 7 nitrogen and oxygen atoms in total. The fraction of sp³-hybridized carbons (Fsp3) is 0.607. The minimum absolute atomic E-state index is 0.0339. The van der Waals surface area contributed by atoms with E-state index in [-0.39, 0.29) is 29.8 Å². The van der Waals surface area contributed by atoms with Crippen LogP contribution in [0.25, 0.3) is 0 Å². The van der Waals surface area contributed by atoms with Gasteiger partial charge in [-0.15, -0.1) is 0 Å². The Bertz CT molecular complexity index is 1150. The Morgan fingerprint density at radius 3 is 2.64 bits per heavy atom. The van der Waals surface area contributed by atoms with Crippen molar-refractivity contribution in [1.82, 2.24) is 10.2 Å². The molecule has 2 saturated heterocycles. The van der Waals surface area contributed by atoms with Crippen LogP contribution in [0.3, 0.4) is 0 Å². The Morgan fingerprint density at radius 1 is 1.14 bits per heavy atom. The molecule has 36 heavy (non-hydrogen) atoms. The molecule has 0 unspecified atom stereocenters. The molecule has 4 fully saturated rings. The molecular formula is C28H34ClN3O4. The second-order valence-electron chi connectivity index (χ2n) is 11.5. The summed E-state index contributed by atoms with van der Waals surface area (Å²) in [6.07, 6.45) is 8.16. The van der Waals surface area contributed by atoms with Crippen molar-refractivity contribution in [2.45, 2.75) is 82.7 Å². The van der Waals surface area contributed by atoms with Crippen molar-refractivity contribution < 1.29 is 19.1 Å². The highest BCUT2D eigenvalue weighted by Crippen LogP contribution is 2.57. The monoisotopic (exact) mass is 511 g/mol. The second-order valence-corrected chi connectivity index (χ2v) is 11.9. The number of carbonyl (C=O) groups excluding carboxylic acids is 3. The number of likely N-dealkylation sites (tertiary alicyclic amines) is 1. The number of amides is 3. The van der Waals surface area contributed by atoms with Crippen LogP contribution >= 0.6 is 11.6 Å². The van der Waals surface area contributed by atoms with Gasteiger partial charge in [-0.1, -0.05) is 56.5 Å². The maximum atomic E-state index is 13.9. The Balaban J connectivity index is 1.28. The van der Waals surface area contributed by atoms with E-state index in [0.717, 1.165) is 31.2 Å². The predicted molar refractivity (Wildman–Crippen MR) is 136 cm³/mol.